The van der Waals surface area contributed by atoms with Crippen molar-refractivity contribution in [3.8, 4) is 11.5 Å². The lowest BCUT2D eigenvalue weighted by Gasteiger charge is -2.32. The van der Waals surface area contributed by atoms with E-state index in [4.69, 9.17) is 14.2 Å². The smallest absolute Gasteiger partial charge is 0.174 e. The van der Waals surface area contributed by atoms with Gasteiger partial charge in [-0.3, -0.25) is 0 Å². The Morgan fingerprint density at radius 2 is 2.04 bits per heavy atom. The van der Waals surface area contributed by atoms with Crippen molar-refractivity contribution in [3.05, 3.63) is 59.3 Å². The van der Waals surface area contributed by atoms with Gasteiger partial charge in [0.05, 0.1) is 26.5 Å². The van der Waals surface area contributed by atoms with E-state index in [2.05, 4.69) is 41.4 Å². The van der Waals surface area contributed by atoms with E-state index < -0.39 is 0 Å². The van der Waals surface area contributed by atoms with Crippen molar-refractivity contribution in [1.82, 2.24) is 0 Å². The van der Waals surface area contributed by atoms with Crippen LogP contribution in [0.3, 0.4) is 0 Å². The Balaban J connectivity index is 1.97. The van der Waals surface area contributed by atoms with Crippen LogP contribution in [-0.2, 0) is 4.74 Å². The molecule has 0 saturated heterocycles. The first-order valence-electron chi connectivity index (χ1n) is 8.72. The molecule has 3 rings (SSSR count). The van der Waals surface area contributed by atoms with Gasteiger partial charge in [0.2, 0.25) is 0 Å². The molecule has 0 radical (unpaired) electrons. The van der Waals surface area contributed by atoms with Crippen LogP contribution in [0.2, 0.25) is 0 Å². The number of rotatable bonds is 6. The summed E-state index contributed by atoms with van der Waals surface area (Å²) in [5.74, 6) is 2.24. The van der Waals surface area contributed by atoms with Crippen molar-refractivity contribution in [2.75, 3.05) is 20.8 Å². The molecule has 25 heavy (non-hydrogen) atoms. The summed E-state index contributed by atoms with van der Waals surface area (Å²) in [5.41, 5.74) is 3.48. The average Bonchev–Trinajstić information content (AvgIpc) is 2.67. The van der Waals surface area contributed by atoms with Gasteiger partial charge >= 0.3 is 0 Å². The molecule has 0 N–H and O–H groups in total. The Labute approximate surface area is 149 Å². The minimum Gasteiger partial charge on any atom is -0.493 e. The molecule has 2 aliphatic rings. The summed E-state index contributed by atoms with van der Waals surface area (Å²) >= 11 is 0. The van der Waals surface area contributed by atoms with Crippen LogP contribution in [0.15, 0.2) is 58.8 Å². The molecule has 4 nitrogen and oxygen atoms in total. The summed E-state index contributed by atoms with van der Waals surface area (Å²) in [6.45, 7) is 2.57. The summed E-state index contributed by atoms with van der Waals surface area (Å²) in [6, 6.07) is 6.17. The van der Waals surface area contributed by atoms with Crippen LogP contribution in [0.25, 0.3) is 0 Å². The van der Waals surface area contributed by atoms with Crippen LogP contribution in [0, 0.1) is 5.92 Å². The molecule has 0 spiro atoms. The summed E-state index contributed by atoms with van der Waals surface area (Å²) in [6.07, 6.45) is 12.6. The zero-order valence-electron chi connectivity index (χ0n) is 15.1. The number of nitrogens with zero attached hydrogens (tertiary/aromatic N) is 1. The quantitative estimate of drug-likeness (QED) is 0.560. The van der Waals surface area contributed by atoms with Gasteiger partial charge in [0.15, 0.2) is 17.9 Å². The number of benzene rings is 1. The lowest BCUT2D eigenvalue weighted by molar-refractivity contribution is 0.343. The highest BCUT2D eigenvalue weighted by Crippen LogP contribution is 2.43. The predicted octanol–water partition coefficient (Wildman–Crippen LogP) is 4.64. The molecule has 1 aromatic carbocycles. The second kappa shape index (κ2) is 8.06. The van der Waals surface area contributed by atoms with E-state index in [0.29, 0.717) is 12.5 Å². The Kier molecular flexibility index (Phi) is 5.59. The number of ether oxygens (including phenoxy) is 3. The molecule has 2 aliphatic carbocycles. The number of hydrogen-bond acceptors (Lipinski definition) is 4. The maximum atomic E-state index is 5.49. The predicted molar refractivity (Wildman–Crippen MR) is 100 cm³/mol. The first-order chi connectivity index (χ1) is 12.3. The van der Waals surface area contributed by atoms with Crippen LogP contribution in [-0.4, -0.2) is 27.2 Å². The van der Waals surface area contributed by atoms with Gasteiger partial charge in [0.25, 0.3) is 0 Å². The van der Waals surface area contributed by atoms with Gasteiger partial charge in [-0.05, 0) is 55.0 Å². The Bertz CT molecular complexity index is 731. The van der Waals surface area contributed by atoms with Gasteiger partial charge in [-0.1, -0.05) is 24.3 Å². The van der Waals surface area contributed by atoms with E-state index in [1.165, 1.54) is 17.5 Å². The SMILES string of the molecule is CCOC=NC1=CC(c2ccc(OC)c(OC)c2)C2CCC=CC2=C1. The van der Waals surface area contributed by atoms with Crippen molar-refractivity contribution >= 4 is 6.40 Å². The fourth-order valence-electron chi connectivity index (χ4n) is 3.49. The minimum atomic E-state index is 0.263. The van der Waals surface area contributed by atoms with Crippen LogP contribution < -0.4 is 9.47 Å². The molecular formula is C21H25NO3. The third kappa shape index (κ3) is 3.78. The highest BCUT2D eigenvalue weighted by atomic mass is 16.5. The third-order valence-electron chi connectivity index (χ3n) is 4.72. The maximum absolute atomic E-state index is 5.49. The molecule has 4 heteroatoms. The topological polar surface area (TPSA) is 40.0 Å². The zero-order chi connectivity index (χ0) is 17.6. The molecule has 2 atom stereocenters. The Hall–Kier alpha value is -2.49. The lowest BCUT2D eigenvalue weighted by Crippen LogP contribution is -2.19. The van der Waals surface area contributed by atoms with Gasteiger partial charge in [0.1, 0.15) is 0 Å². The molecule has 0 fully saturated rings. The van der Waals surface area contributed by atoms with E-state index in [1.54, 1.807) is 14.2 Å². The lowest BCUT2D eigenvalue weighted by atomic mass is 9.73. The first-order valence-corrected chi connectivity index (χ1v) is 8.72. The zero-order valence-corrected chi connectivity index (χ0v) is 15.1. The number of fused-ring (bicyclic) bond motifs is 1. The van der Waals surface area contributed by atoms with E-state index >= 15 is 0 Å². The molecular weight excluding hydrogens is 314 g/mol. The van der Waals surface area contributed by atoms with E-state index in [0.717, 1.165) is 30.0 Å². The van der Waals surface area contributed by atoms with Gasteiger partial charge in [-0.25, -0.2) is 4.99 Å². The first kappa shape index (κ1) is 17.3. The Morgan fingerprint density at radius 3 is 2.80 bits per heavy atom. The highest BCUT2D eigenvalue weighted by Gasteiger charge is 2.29. The van der Waals surface area contributed by atoms with Crippen molar-refractivity contribution < 1.29 is 14.2 Å². The number of allylic oxidation sites excluding steroid dienone is 5. The third-order valence-corrected chi connectivity index (χ3v) is 4.72. The minimum absolute atomic E-state index is 0.263. The monoisotopic (exact) mass is 339 g/mol. The van der Waals surface area contributed by atoms with Gasteiger partial charge in [0, 0.05) is 5.92 Å². The summed E-state index contributed by atoms with van der Waals surface area (Å²) in [7, 11) is 3.33. The van der Waals surface area contributed by atoms with Gasteiger partial charge < -0.3 is 14.2 Å². The van der Waals surface area contributed by atoms with Crippen LogP contribution in [0.5, 0.6) is 11.5 Å². The largest absolute Gasteiger partial charge is 0.493 e. The van der Waals surface area contributed by atoms with E-state index in [1.807, 2.05) is 13.0 Å². The van der Waals surface area contributed by atoms with Crippen LogP contribution in [0.1, 0.15) is 31.2 Å². The fraction of sp³-hybridized carbons (Fsp3) is 0.381. The van der Waals surface area contributed by atoms with Crippen LogP contribution in [0.4, 0.5) is 0 Å². The molecule has 1 aromatic rings. The molecule has 0 amide bonds. The second-order valence-electron chi connectivity index (χ2n) is 6.15. The molecule has 0 aliphatic heterocycles. The normalized spacial score (nSPS) is 22.2. The van der Waals surface area contributed by atoms with E-state index in [9.17, 15) is 0 Å². The molecule has 0 heterocycles. The molecule has 132 valence electrons. The summed E-state index contributed by atoms with van der Waals surface area (Å²) in [4.78, 5) is 4.46. The molecule has 0 bridgehead atoms. The Morgan fingerprint density at radius 1 is 1.20 bits per heavy atom. The van der Waals surface area contributed by atoms with Crippen molar-refractivity contribution in [3.63, 3.8) is 0 Å². The van der Waals surface area contributed by atoms with Crippen molar-refractivity contribution in [2.24, 2.45) is 10.9 Å². The van der Waals surface area contributed by atoms with E-state index in [-0.39, 0.29) is 5.92 Å². The number of hydrogen-bond donors (Lipinski definition) is 0. The molecule has 0 saturated carbocycles. The van der Waals surface area contributed by atoms with Gasteiger partial charge in [-0.2, -0.15) is 0 Å². The second-order valence-corrected chi connectivity index (χ2v) is 6.15. The maximum Gasteiger partial charge on any atom is 0.174 e. The summed E-state index contributed by atoms with van der Waals surface area (Å²) in [5, 5.41) is 0. The van der Waals surface area contributed by atoms with Crippen molar-refractivity contribution in [2.45, 2.75) is 25.7 Å². The number of methoxy groups -OCH3 is 2. The highest BCUT2D eigenvalue weighted by molar-refractivity contribution is 5.54. The molecule has 2 unspecified atom stereocenters. The summed E-state index contributed by atoms with van der Waals surface area (Å²) < 4.78 is 16.1. The fourth-order valence-corrected chi connectivity index (χ4v) is 3.49. The standard InChI is InChI=1S/C21H25NO3/c1-4-25-14-22-17-11-15-7-5-6-8-18(15)19(13-17)16-9-10-20(23-2)21(12-16)24-3/h5,7,9-14,18-19H,4,6,8H2,1-3H3. The van der Waals surface area contributed by atoms with Gasteiger partial charge in [-0.15, -0.1) is 0 Å². The van der Waals surface area contributed by atoms with Crippen LogP contribution >= 0.6 is 0 Å². The number of aliphatic imine (C=N–C) groups is 1. The average molecular weight is 339 g/mol. The van der Waals surface area contributed by atoms with Crippen molar-refractivity contribution in [1.29, 1.82) is 0 Å². The molecule has 0 aromatic heterocycles.